The van der Waals surface area contributed by atoms with E-state index in [0.717, 1.165) is 12.1 Å². The van der Waals surface area contributed by atoms with Crippen LogP contribution in [0.2, 0.25) is 5.02 Å². The Morgan fingerprint density at radius 2 is 2.00 bits per heavy atom. The summed E-state index contributed by atoms with van der Waals surface area (Å²) in [6.07, 6.45) is 1.47. The molecule has 0 aliphatic rings. The van der Waals surface area contributed by atoms with Crippen LogP contribution in [0.1, 0.15) is 26.7 Å². The van der Waals surface area contributed by atoms with E-state index in [1.807, 2.05) is 13.8 Å². The minimum Gasteiger partial charge on any atom is -0.396 e. The smallest absolute Gasteiger partial charge is 0.238 e. The van der Waals surface area contributed by atoms with E-state index in [9.17, 15) is 4.79 Å². The van der Waals surface area contributed by atoms with E-state index in [-0.39, 0.29) is 24.6 Å². The summed E-state index contributed by atoms with van der Waals surface area (Å²) in [7, 11) is 0. The maximum atomic E-state index is 11.8. The summed E-state index contributed by atoms with van der Waals surface area (Å²) in [5.41, 5.74) is 0.503. The van der Waals surface area contributed by atoms with E-state index in [4.69, 9.17) is 16.7 Å². The number of benzene rings is 1. The van der Waals surface area contributed by atoms with Crippen molar-refractivity contribution in [3.63, 3.8) is 0 Å². The first-order valence-electron chi connectivity index (χ1n) is 6.40. The molecule has 0 radical (unpaired) electrons. The lowest BCUT2D eigenvalue weighted by Gasteiger charge is -2.28. The third-order valence-corrected chi connectivity index (χ3v) is 3.50. The fourth-order valence-electron chi connectivity index (χ4n) is 1.67. The molecule has 106 valence electrons. The van der Waals surface area contributed by atoms with E-state index in [1.165, 1.54) is 0 Å². The third kappa shape index (κ3) is 5.59. The zero-order valence-corrected chi connectivity index (χ0v) is 12.1. The van der Waals surface area contributed by atoms with Crippen LogP contribution in [0.5, 0.6) is 0 Å². The van der Waals surface area contributed by atoms with Gasteiger partial charge < -0.3 is 15.7 Å². The van der Waals surface area contributed by atoms with Crippen LogP contribution in [-0.4, -0.2) is 29.7 Å². The second-order valence-electron chi connectivity index (χ2n) is 4.80. The molecule has 0 aromatic heterocycles. The highest BCUT2D eigenvalue weighted by Gasteiger charge is 2.21. The van der Waals surface area contributed by atoms with Crippen LogP contribution < -0.4 is 10.6 Å². The molecule has 3 N–H and O–H groups in total. The van der Waals surface area contributed by atoms with Crippen LogP contribution in [0.25, 0.3) is 0 Å². The van der Waals surface area contributed by atoms with Gasteiger partial charge in [-0.15, -0.1) is 0 Å². The van der Waals surface area contributed by atoms with Crippen molar-refractivity contribution in [2.24, 2.45) is 0 Å². The van der Waals surface area contributed by atoms with Gasteiger partial charge in [-0.1, -0.05) is 18.5 Å². The number of aliphatic hydroxyl groups is 1. The van der Waals surface area contributed by atoms with Gasteiger partial charge in [-0.3, -0.25) is 4.79 Å². The van der Waals surface area contributed by atoms with Gasteiger partial charge in [0.15, 0.2) is 0 Å². The maximum absolute atomic E-state index is 11.8. The van der Waals surface area contributed by atoms with Crippen LogP contribution in [-0.2, 0) is 4.79 Å². The van der Waals surface area contributed by atoms with Crippen LogP contribution in [0, 0.1) is 0 Å². The Labute approximate surface area is 119 Å². The summed E-state index contributed by atoms with van der Waals surface area (Å²) >= 11 is 5.77. The predicted octanol–water partition coefficient (Wildman–Crippen LogP) is 2.42. The van der Waals surface area contributed by atoms with E-state index in [2.05, 4.69) is 10.6 Å². The first-order chi connectivity index (χ1) is 8.99. The molecule has 0 aliphatic carbocycles. The number of anilines is 1. The highest BCUT2D eigenvalue weighted by atomic mass is 35.5. The lowest BCUT2D eigenvalue weighted by atomic mass is 9.95. The molecule has 0 saturated carbocycles. The summed E-state index contributed by atoms with van der Waals surface area (Å²) in [5.74, 6) is -0.111. The average molecular weight is 285 g/mol. The molecule has 1 unspecified atom stereocenters. The molecule has 5 heteroatoms. The molecule has 0 heterocycles. The molecule has 0 bridgehead atoms. The summed E-state index contributed by atoms with van der Waals surface area (Å²) in [6, 6.07) is 6.97. The molecule has 0 saturated heterocycles. The van der Waals surface area contributed by atoms with Gasteiger partial charge in [0.1, 0.15) is 0 Å². The number of carbonyl (C=O) groups excluding carboxylic acids is 1. The number of aliphatic hydroxyl groups excluding tert-OH is 1. The molecule has 1 aromatic rings. The summed E-state index contributed by atoms with van der Waals surface area (Å²) in [6.45, 7) is 4.35. The van der Waals surface area contributed by atoms with Crippen LogP contribution >= 0.6 is 11.6 Å². The topological polar surface area (TPSA) is 61.4 Å². The average Bonchev–Trinajstić information content (AvgIpc) is 2.40. The Hall–Kier alpha value is -1.10. The van der Waals surface area contributed by atoms with Crippen LogP contribution in [0.4, 0.5) is 5.69 Å². The number of amides is 1. The summed E-state index contributed by atoms with van der Waals surface area (Å²) in [5, 5.41) is 15.6. The quantitative estimate of drug-likeness (QED) is 0.721. The zero-order valence-electron chi connectivity index (χ0n) is 11.4. The minimum atomic E-state index is -0.216. The summed E-state index contributed by atoms with van der Waals surface area (Å²) < 4.78 is 0. The highest BCUT2D eigenvalue weighted by Crippen LogP contribution is 2.14. The summed E-state index contributed by atoms with van der Waals surface area (Å²) in [4.78, 5) is 11.8. The van der Waals surface area contributed by atoms with Gasteiger partial charge in [-0.25, -0.2) is 0 Å². The Kier molecular flexibility index (Phi) is 6.28. The van der Waals surface area contributed by atoms with Gasteiger partial charge in [0.25, 0.3) is 0 Å². The van der Waals surface area contributed by atoms with Crippen molar-refractivity contribution in [3.05, 3.63) is 29.3 Å². The number of rotatable bonds is 7. The Bertz CT molecular complexity index is 408. The van der Waals surface area contributed by atoms with Crippen LogP contribution in [0.3, 0.4) is 0 Å². The van der Waals surface area contributed by atoms with Gasteiger partial charge in [0.2, 0.25) is 5.91 Å². The molecule has 1 aromatic carbocycles. The van der Waals surface area contributed by atoms with Gasteiger partial charge in [-0.2, -0.15) is 0 Å². The van der Waals surface area contributed by atoms with E-state index in [0.29, 0.717) is 11.4 Å². The largest absolute Gasteiger partial charge is 0.396 e. The van der Waals surface area contributed by atoms with Crippen LogP contribution in [0.15, 0.2) is 24.3 Å². The normalized spacial score (nSPS) is 13.9. The van der Waals surface area contributed by atoms with Crippen molar-refractivity contribution in [2.75, 3.05) is 18.5 Å². The predicted molar refractivity (Wildman–Crippen MR) is 78.5 cm³/mol. The fraction of sp³-hybridized carbons (Fsp3) is 0.500. The molecular formula is C14H21ClN2O2. The second-order valence-corrected chi connectivity index (χ2v) is 5.23. The SMILES string of the molecule is CCC(C)(CCO)NCC(=O)Nc1ccc(Cl)cc1. The van der Waals surface area contributed by atoms with E-state index in [1.54, 1.807) is 24.3 Å². The first kappa shape index (κ1) is 16.0. The van der Waals surface area contributed by atoms with Crippen molar-refractivity contribution in [3.8, 4) is 0 Å². The molecule has 0 aliphatic heterocycles. The molecule has 1 atom stereocenters. The molecule has 0 fully saturated rings. The van der Waals surface area contributed by atoms with Crippen molar-refractivity contribution in [1.82, 2.24) is 5.32 Å². The number of hydrogen-bond acceptors (Lipinski definition) is 3. The monoisotopic (exact) mass is 284 g/mol. The number of hydrogen-bond donors (Lipinski definition) is 3. The molecular weight excluding hydrogens is 264 g/mol. The molecule has 19 heavy (non-hydrogen) atoms. The molecule has 0 spiro atoms. The van der Waals surface area contributed by atoms with Crippen molar-refractivity contribution >= 4 is 23.2 Å². The van der Waals surface area contributed by atoms with Gasteiger partial charge >= 0.3 is 0 Å². The van der Waals surface area contributed by atoms with Crippen molar-refractivity contribution < 1.29 is 9.90 Å². The lowest BCUT2D eigenvalue weighted by molar-refractivity contribution is -0.115. The molecule has 1 rings (SSSR count). The van der Waals surface area contributed by atoms with E-state index >= 15 is 0 Å². The fourth-order valence-corrected chi connectivity index (χ4v) is 1.79. The zero-order chi connectivity index (χ0) is 14.3. The van der Waals surface area contributed by atoms with Gasteiger partial charge in [-0.05, 0) is 44.0 Å². The van der Waals surface area contributed by atoms with Crippen molar-refractivity contribution in [2.45, 2.75) is 32.2 Å². The molecule has 1 amide bonds. The Morgan fingerprint density at radius 3 is 2.53 bits per heavy atom. The number of nitrogens with one attached hydrogen (secondary N) is 2. The minimum absolute atomic E-state index is 0.107. The standard InChI is InChI=1S/C14H21ClN2O2/c1-3-14(2,8-9-18)16-10-13(19)17-12-6-4-11(15)5-7-12/h4-7,16,18H,3,8-10H2,1-2H3,(H,17,19). The first-order valence-corrected chi connectivity index (χ1v) is 6.78. The van der Waals surface area contributed by atoms with Crippen molar-refractivity contribution in [1.29, 1.82) is 0 Å². The maximum Gasteiger partial charge on any atom is 0.238 e. The Balaban J connectivity index is 2.45. The highest BCUT2D eigenvalue weighted by molar-refractivity contribution is 6.30. The Morgan fingerprint density at radius 1 is 1.37 bits per heavy atom. The second kappa shape index (κ2) is 7.48. The third-order valence-electron chi connectivity index (χ3n) is 3.25. The molecule has 4 nitrogen and oxygen atoms in total. The number of carbonyl (C=O) groups is 1. The number of halogens is 1. The van der Waals surface area contributed by atoms with Gasteiger partial charge in [0.05, 0.1) is 6.54 Å². The van der Waals surface area contributed by atoms with E-state index < -0.39 is 0 Å². The van der Waals surface area contributed by atoms with Gasteiger partial charge in [0, 0.05) is 22.9 Å². The lowest BCUT2D eigenvalue weighted by Crippen LogP contribution is -2.46.